The molecule has 5 heteroatoms. The molecule has 1 heterocycles. The molecule has 1 aromatic rings. The number of carboxylic acids is 1. The van der Waals surface area contributed by atoms with Crippen LogP contribution in [0.25, 0.3) is 0 Å². The lowest BCUT2D eigenvalue weighted by molar-refractivity contribution is 0.0693. The predicted molar refractivity (Wildman–Crippen MR) is 79.5 cm³/mol. The van der Waals surface area contributed by atoms with Crippen molar-refractivity contribution < 1.29 is 9.90 Å². The van der Waals surface area contributed by atoms with Crippen molar-refractivity contribution in [3.63, 3.8) is 0 Å². The number of thioether (sulfide) groups is 1. The molecule has 0 saturated carbocycles. The van der Waals surface area contributed by atoms with Gasteiger partial charge in [-0.05, 0) is 24.9 Å². The van der Waals surface area contributed by atoms with Gasteiger partial charge in [-0.15, -0.1) is 11.8 Å². The zero-order chi connectivity index (χ0) is 13.8. The Morgan fingerprint density at radius 1 is 1.32 bits per heavy atom. The van der Waals surface area contributed by atoms with Crippen molar-refractivity contribution in [3.8, 4) is 0 Å². The Labute approximate surface area is 118 Å². The summed E-state index contributed by atoms with van der Waals surface area (Å²) in [4.78, 5) is 16.9. The SMILES string of the molecule is CCN1CCN(c2cccc(SC)c2C(=O)O)CC1. The van der Waals surface area contributed by atoms with Gasteiger partial charge in [0.05, 0.1) is 11.3 Å². The Hall–Kier alpha value is -1.20. The number of carboxylic acid groups (broad SMARTS) is 1. The maximum absolute atomic E-state index is 11.5. The van der Waals surface area contributed by atoms with Gasteiger partial charge in [0.2, 0.25) is 0 Å². The van der Waals surface area contributed by atoms with E-state index in [1.807, 2.05) is 24.5 Å². The van der Waals surface area contributed by atoms with Crippen molar-refractivity contribution in [2.24, 2.45) is 0 Å². The molecule has 19 heavy (non-hydrogen) atoms. The second kappa shape index (κ2) is 6.30. The zero-order valence-corrected chi connectivity index (χ0v) is 12.2. The summed E-state index contributed by atoms with van der Waals surface area (Å²) >= 11 is 1.49. The van der Waals surface area contributed by atoms with Crippen molar-refractivity contribution in [2.45, 2.75) is 11.8 Å². The fourth-order valence-electron chi connectivity index (χ4n) is 2.47. The highest BCUT2D eigenvalue weighted by Gasteiger charge is 2.22. The van der Waals surface area contributed by atoms with Crippen LogP contribution in [0.4, 0.5) is 5.69 Å². The number of anilines is 1. The lowest BCUT2D eigenvalue weighted by Gasteiger charge is -2.36. The molecule has 2 rings (SSSR count). The van der Waals surface area contributed by atoms with Crippen LogP contribution in [0.2, 0.25) is 0 Å². The van der Waals surface area contributed by atoms with Crippen molar-refractivity contribution in [1.29, 1.82) is 0 Å². The minimum Gasteiger partial charge on any atom is -0.478 e. The highest BCUT2D eigenvalue weighted by atomic mass is 32.2. The topological polar surface area (TPSA) is 43.8 Å². The first-order chi connectivity index (χ1) is 9.17. The second-order valence-electron chi connectivity index (χ2n) is 4.58. The number of rotatable bonds is 4. The molecule has 1 N–H and O–H groups in total. The highest BCUT2D eigenvalue weighted by molar-refractivity contribution is 7.98. The Balaban J connectivity index is 2.27. The summed E-state index contributed by atoms with van der Waals surface area (Å²) in [6, 6.07) is 5.74. The first-order valence-corrected chi connectivity index (χ1v) is 7.77. The van der Waals surface area contributed by atoms with Crippen LogP contribution in [0.1, 0.15) is 17.3 Å². The van der Waals surface area contributed by atoms with Gasteiger partial charge in [0, 0.05) is 31.1 Å². The first-order valence-electron chi connectivity index (χ1n) is 6.55. The number of nitrogens with zero attached hydrogens (tertiary/aromatic N) is 2. The maximum atomic E-state index is 11.5. The molecule has 0 aromatic heterocycles. The number of aromatic carboxylic acids is 1. The molecule has 104 valence electrons. The lowest BCUT2D eigenvalue weighted by Crippen LogP contribution is -2.46. The Bertz CT molecular complexity index is 457. The van der Waals surface area contributed by atoms with Gasteiger partial charge in [-0.25, -0.2) is 4.79 Å². The number of likely N-dealkylation sites (N-methyl/N-ethyl adjacent to an activating group) is 1. The average Bonchev–Trinajstić information content (AvgIpc) is 2.46. The van der Waals surface area contributed by atoms with Crippen LogP contribution in [-0.2, 0) is 0 Å². The summed E-state index contributed by atoms with van der Waals surface area (Å²) in [6.45, 7) is 7.01. The van der Waals surface area contributed by atoms with Gasteiger partial charge in [0.15, 0.2) is 0 Å². The second-order valence-corrected chi connectivity index (χ2v) is 5.43. The van der Waals surface area contributed by atoms with E-state index < -0.39 is 5.97 Å². The van der Waals surface area contributed by atoms with Gasteiger partial charge >= 0.3 is 5.97 Å². The van der Waals surface area contributed by atoms with Gasteiger partial charge in [0.1, 0.15) is 0 Å². The molecule has 0 atom stereocenters. The van der Waals surface area contributed by atoms with E-state index in [2.05, 4.69) is 16.7 Å². The standard InChI is InChI=1S/C14H20N2O2S/c1-3-15-7-9-16(10-8-15)11-5-4-6-12(19-2)13(11)14(17)18/h4-6H,3,7-10H2,1-2H3,(H,17,18). The van der Waals surface area contributed by atoms with Crippen LogP contribution < -0.4 is 4.90 Å². The third kappa shape index (κ3) is 3.04. The van der Waals surface area contributed by atoms with E-state index in [1.165, 1.54) is 11.8 Å². The summed E-state index contributed by atoms with van der Waals surface area (Å²) in [5.74, 6) is -0.835. The number of hydrogen-bond acceptors (Lipinski definition) is 4. The molecule has 0 bridgehead atoms. The van der Waals surface area contributed by atoms with E-state index in [4.69, 9.17) is 0 Å². The number of piperazine rings is 1. The Kier molecular flexibility index (Phi) is 4.71. The lowest BCUT2D eigenvalue weighted by atomic mass is 10.1. The van der Waals surface area contributed by atoms with Crippen LogP contribution in [-0.4, -0.2) is 55.0 Å². The van der Waals surface area contributed by atoms with E-state index in [0.717, 1.165) is 43.3 Å². The van der Waals surface area contributed by atoms with E-state index in [9.17, 15) is 9.90 Å². The smallest absolute Gasteiger partial charge is 0.338 e. The minimum atomic E-state index is -0.835. The molecule has 0 spiro atoms. The van der Waals surface area contributed by atoms with Crippen molar-refractivity contribution in [3.05, 3.63) is 23.8 Å². The largest absolute Gasteiger partial charge is 0.478 e. The van der Waals surface area contributed by atoms with Crippen LogP contribution in [0.15, 0.2) is 23.1 Å². The molecular formula is C14H20N2O2S. The minimum absolute atomic E-state index is 0.444. The van der Waals surface area contributed by atoms with E-state index >= 15 is 0 Å². The summed E-state index contributed by atoms with van der Waals surface area (Å²) < 4.78 is 0. The van der Waals surface area contributed by atoms with Gasteiger partial charge in [-0.3, -0.25) is 0 Å². The fourth-order valence-corrected chi connectivity index (χ4v) is 3.08. The highest BCUT2D eigenvalue weighted by Crippen LogP contribution is 2.30. The third-order valence-corrected chi connectivity index (χ3v) is 4.38. The number of carbonyl (C=O) groups is 1. The zero-order valence-electron chi connectivity index (χ0n) is 11.4. The van der Waals surface area contributed by atoms with Gasteiger partial charge in [-0.2, -0.15) is 0 Å². The molecule has 0 unspecified atom stereocenters. The van der Waals surface area contributed by atoms with Crippen LogP contribution in [0, 0.1) is 0 Å². The molecule has 1 fully saturated rings. The first kappa shape index (κ1) is 14.2. The maximum Gasteiger partial charge on any atom is 0.338 e. The molecule has 0 radical (unpaired) electrons. The van der Waals surface area contributed by atoms with Gasteiger partial charge in [-0.1, -0.05) is 13.0 Å². The third-order valence-electron chi connectivity index (χ3n) is 3.60. The van der Waals surface area contributed by atoms with Crippen molar-refractivity contribution in [1.82, 2.24) is 4.90 Å². The Morgan fingerprint density at radius 2 is 2.00 bits per heavy atom. The van der Waals surface area contributed by atoms with Gasteiger partial charge < -0.3 is 14.9 Å². The summed E-state index contributed by atoms with van der Waals surface area (Å²) in [5, 5.41) is 9.46. The molecule has 1 aromatic carbocycles. The number of hydrogen-bond donors (Lipinski definition) is 1. The number of benzene rings is 1. The molecule has 0 aliphatic carbocycles. The molecule has 1 saturated heterocycles. The normalized spacial score (nSPS) is 16.6. The summed E-state index contributed by atoms with van der Waals surface area (Å²) in [5.41, 5.74) is 1.30. The van der Waals surface area contributed by atoms with Crippen LogP contribution >= 0.6 is 11.8 Å². The fraction of sp³-hybridized carbons (Fsp3) is 0.500. The predicted octanol–water partition coefficient (Wildman–Crippen LogP) is 2.25. The Morgan fingerprint density at radius 3 is 2.53 bits per heavy atom. The van der Waals surface area contributed by atoms with Crippen LogP contribution in [0.5, 0.6) is 0 Å². The summed E-state index contributed by atoms with van der Waals surface area (Å²) in [7, 11) is 0. The molecule has 1 aliphatic rings. The average molecular weight is 280 g/mol. The molecule has 1 aliphatic heterocycles. The van der Waals surface area contributed by atoms with Crippen molar-refractivity contribution >= 4 is 23.4 Å². The summed E-state index contributed by atoms with van der Waals surface area (Å²) in [6.07, 6.45) is 1.92. The van der Waals surface area contributed by atoms with Gasteiger partial charge in [0.25, 0.3) is 0 Å². The molecule has 0 amide bonds. The quantitative estimate of drug-likeness (QED) is 0.857. The van der Waals surface area contributed by atoms with Crippen LogP contribution in [0.3, 0.4) is 0 Å². The van der Waals surface area contributed by atoms with Crippen molar-refractivity contribution in [2.75, 3.05) is 43.9 Å². The monoisotopic (exact) mass is 280 g/mol. The molecule has 4 nitrogen and oxygen atoms in total. The van der Waals surface area contributed by atoms with E-state index in [1.54, 1.807) is 0 Å². The van der Waals surface area contributed by atoms with E-state index in [0.29, 0.717) is 5.56 Å². The molecular weight excluding hydrogens is 260 g/mol. The van der Waals surface area contributed by atoms with E-state index in [-0.39, 0.29) is 0 Å².